The largest absolute Gasteiger partial charge is 0.349 e. The number of carbonyl (C=O) groups is 2. The number of amides is 2. The van der Waals surface area contributed by atoms with E-state index in [1.165, 1.54) is 16.2 Å². The van der Waals surface area contributed by atoms with Crippen LogP contribution in [0.5, 0.6) is 0 Å². The summed E-state index contributed by atoms with van der Waals surface area (Å²) in [5.74, 6) is -0.590. The van der Waals surface area contributed by atoms with Gasteiger partial charge in [-0.3, -0.25) is 14.5 Å². The number of anilines is 1. The lowest BCUT2D eigenvalue weighted by Gasteiger charge is -2.33. The van der Waals surface area contributed by atoms with Crippen molar-refractivity contribution in [1.82, 2.24) is 14.9 Å². The van der Waals surface area contributed by atoms with Crippen LogP contribution in [0.1, 0.15) is 53.3 Å². The number of thiophene rings is 1. The second-order valence-corrected chi connectivity index (χ2v) is 9.47. The molecule has 152 valence electrons. The van der Waals surface area contributed by atoms with E-state index >= 15 is 0 Å². The van der Waals surface area contributed by atoms with Crippen molar-refractivity contribution in [2.75, 3.05) is 4.90 Å². The summed E-state index contributed by atoms with van der Waals surface area (Å²) < 4.78 is 3.83. The van der Waals surface area contributed by atoms with Gasteiger partial charge >= 0.3 is 0 Å². The van der Waals surface area contributed by atoms with Gasteiger partial charge in [-0.1, -0.05) is 16.6 Å². The normalized spacial score (nSPS) is 12.4. The van der Waals surface area contributed by atoms with E-state index in [1.54, 1.807) is 5.38 Å². The van der Waals surface area contributed by atoms with Crippen LogP contribution in [0.3, 0.4) is 0 Å². The topological polar surface area (TPSA) is 75.2 Å². The summed E-state index contributed by atoms with van der Waals surface area (Å²) in [5, 5.41) is 10.5. The Morgan fingerprint density at radius 3 is 2.48 bits per heavy atom. The fourth-order valence-corrected chi connectivity index (χ4v) is 4.44. The number of nitrogens with zero attached hydrogens (tertiary/aromatic N) is 3. The molecule has 29 heavy (non-hydrogen) atoms. The molecule has 3 aromatic rings. The zero-order valence-electron chi connectivity index (χ0n) is 17.1. The Morgan fingerprint density at radius 2 is 1.93 bits per heavy atom. The Hall–Kier alpha value is -2.58. The van der Waals surface area contributed by atoms with Crippen molar-refractivity contribution < 1.29 is 9.59 Å². The van der Waals surface area contributed by atoms with Crippen molar-refractivity contribution in [3.8, 4) is 0 Å². The SMILES string of the molecule is Cc1cccc(N(C(=O)c2csnn2)[C@H](C(=O)NC(C)(C)C)c2sccc2C)c1. The van der Waals surface area contributed by atoms with E-state index in [2.05, 4.69) is 14.9 Å². The lowest BCUT2D eigenvalue weighted by Crippen LogP contribution is -2.49. The first-order valence-corrected chi connectivity index (χ1v) is 10.9. The van der Waals surface area contributed by atoms with E-state index in [4.69, 9.17) is 0 Å². The van der Waals surface area contributed by atoms with Crippen LogP contribution < -0.4 is 10.2 Å². The van der Waals surface area contributed by atoms with E-state index < -0.39 is 11.6 Å². The number of hydrogen-bond acceptors (Lipinski definition) is 6. The van der Waals surface area contributed by atoms with Gasteiger partial charge in [0.15, 0.2) is 11.7 Å². The number of aryl methyl sites for hydroxylation is 2. The lowest BCUT2D eigenvalue weighted by atomic mass is 10.0. The van der Waals surface area contributed by atoms with Crippen molar-refractivity contribution in [2.45, 2.75) is 46.2 Å². The van der Waals surface area contributed by atoms with Gasteiger partial charge < -0.3 is 5.32 Å². The van der Waals surface area contributed by atoms with E-state index in [1.807, 2.05) is 70.3 Å². The van der Waals surface area contributed by atoms with E-state index in [-0.39, 0.29) is 17.5 Å². The molecule has 0 saturated carbocycles. The molecule has 0 bridgehead atoms. The minimum atomic E-state index is -0.815. The Morgan fingerprint density at radius 1 is 1.17 bits per heavy atom. The molecule has 1 atom stereocenters. The highest BCUT2D eigenvalue weighted by Gasteiger charge is 2.37. The Balaban J connectivity index is 2.18. The molecule has 0 aliphatic carbocycles. The number of nitrogens with one attached hydrogen (secondary N) is 1. The Bertz CT molecular complexity index is 1010. The monoisotopic (exact) mass is 428 g/mol. The molecule has 0 saturated heterocycles. The minimum absolute atomic E-state index is 0.222. The zero-order chi connectivity index (χ0) is 21.2. The quantitative estimate of drug-likeness (QED) is 0.648. The second-order valence-electron chi connectivity index (χ2n) is 7.91. The van der Waals surface area contributed by atoms with Crippen LogP contribution >= 0.6 is 22.9 Å². The van der Waals surface area contributed by atoms with Crippen LogP contribution in [-0.4, -0.2) is 26.9 Å². The van der Waals surface area contributed by atoms with Gasteiger partial charge in [-0.25, -0.2) is 0 Å². The van der Waals surface area contributed by atoms with Gasteiger partial charge in [0.2, 0.25) is 5.91 Å². The molecule has 2 aromatic heterocycles. The smallest absolute Gasteiger partial charge is 0.280 e. The number of aromatic nitrogens is 2. The summed E-state index contributed by atoms with van der Waals surface area (Å²) >= 11 is 2.57. The Kier molecular flexibility index (Phi) is 6.14. The predicted octanol–water partition coefficient (Wildman–Crippen LogP) is 4.52. The molecule has 2 amide bonds. The average molecular weight is 429 g/mol. The summed E-state index contributed by atoms with van der Waals surface area (Å²) in [5.41, 5.74) is 2.38. The van der Waals surface area contributed by atoms with Gasteiger partial charge in [0.25, 0.3) is 5.91 Å². The molecule has 1 aromatic carbocycles. The maximum absolute atomic E-state index is 13.5. The standard InChI is InChI=1S/C21H24N4O2S2/c1-13-7-6-8-15(11-13)25(20(27)16-12-29-24-23-16)17(18-14(2)9-10-28-18)19(26)22-21(3,4)5/h6-12,17H,1-5H3,(H,22,26)/t17-/m0/s1. The maximum Gasteiger partial charge on any atom is 0.280 e. The van der Waals surface area contributed by atoms with Crippen LogP contribution in [0.15, 0.2) is 41.1 Å². The first kappa shape index (κ1) is 21.1. The minimum Gasteiger partial charge on any atom is -0.349 e. The van der Waals surface area contributed by atoms with Crippen LogP contribution in [-0.2, 0) is 4.79 Å². The van der Waals surface area contributed by atoms with Gasteiger partial charge in [0.1, 0.15) is 0 Å². The van der Waals surface area contributed by atoms with Gasteiger partial charge in [0.05, 0.1) is 0 Å². The molecule has 3 rings (SSSR count). The molecule has 1 N–H and O–H groups in total. The van der Waals surface area contributed by atoms with Crippen molar-refractivity contribution in [1.29, 1.82) is 0 Å². The van der Waals surface area contributed by atoms with Gasteiger partial charge in [-0.05, 0) is 80.9 Å². The summed E-state index contributed by atoms with van der Waals surface area (Å²) in [4.78, 5) is 29.3. The first-order valence-electron chi connectivity index (χ1n) is 9.20. The van der Waals surface area contributed by atoms with Gasteiger partial charge in [-0.15, -0.1) is 16.4 Å². The number of rotatable bonds is 5. The lowest BCUT2D eigenvalue weighted by molar-refractivity contribution is -0.123. The van der Waals surface area contributed by atoms with Crippen LogP contribution in [0.4, 0.5) is 5.69 Å². The van der Waals surface area contributed by atoms with Crippen LogP contribution in [0.25, 0.3) is 0 Å². The second kappa shape index (κ2) is 8.42. The van der Waals surface area contributed by atoms with Crippen molar-refractivity contribution >= 4 is 40.4 Å². The Labute approximate surface area is 178 Å². The molecular formula is C21H24N4O2S2. The van der Waals surface area contributed by atoms with Crippen LogP contribution in [0.2, 0.25) is 0 Å². The predicted molar refractivity (Wildman–Crippen MR) is 118 cm³/mol. The molecule has 0 fully saturated rings. The highest BCUT2D eigenvalue weighted by atomic mass is 32.1. The fourth-order valence-electron chi connectivity index (χ4n) is 3.00. The molecule has 8 heteroatoms. The summed E-state index contributed by atoms with van der Waals surface area (Å²) in [6, 6.07) is 8.72. The summed E-state index contributed by atoms with van der Waals surface area (Å²) in [6.07, 6.45) is 0. The van der Waals surface area contributed by atoms with Crippen molar-refractivity contribution in [3.05, 3.63) is 62.8 Å². The van der Waals surface area contributed by atoms with Gasteiger partial charge in [0, 0.05) is 21.5 Å². The van der Waals surface area contributed by atoms with Crippen molar-refractivity contribution in [2.24, 2.45) is 0 Å². The molecule has 6 nitrogen and oxygen atoms in total. The highest BCUT2D eigenvalue weighted by molar-refractivity contribution is 7.10. The van der Waals surface area contributed by atoms with Gasteiger partial charge in [-0.2, -0.15) is 0 Å². The number of benzene rings is 1. The third kappa shape index (κ3) is 4.89. The molecule has 0 aliphatic heterocycles. The average Bonchev–Trinajstić information content (AvgIpc) is 3.29. The fraction of sp³-hybridized carbons (Fsp3) is 0.333. The molecule has 0 spiro atoms. The van der Waals surface area contributed by atoms with Crippen LogP contribution in [0, 0.1) is 13.8 Å². The maximum atomic E-state index is 13.5. The summed E-state index contributed by atoms with van der Waals surface area (Å²) in [6.45, 7) is 9.68. The summed E-state index contributed by atoms with van der Waals surface area (Å²) in [7, 11) is 0. The van der Waals surface area contributed by atoms with E-state index in [0.717, 1.165) is 27.5 Å². The molecule has 0 unspecified atom stereocenters. The first-order chi connectivity index (χ1) is 13.7. The highest BCUT2D eigenvalue weighted by Crippen LogP contribution is 2.34. The zero-order valence-corrected chi connectivity index (χ0v) is 18.7. The molecule has 0 radical (unpaired) electrons. The molecule has 0 aliphatic rings. The number of hydrogen-bond donors (Lipinski definition) is 1. The third-order valence-corrected chi connectivity index (χ3v) is 5.81. The van der Waals surface area contributed by atoms with Crippen molar-refractivity contribution in [3.63, 3.8) is 0 Å². The number of carbonyl (C=O) groups excluding carboxylic acids is 2. The third-order valence-electron chi connectivity index (χ3n) is 4.23. The molecular weight excluding hydrogens is 404 g/mol. The van der Waals surface area contributed by atoms with E-state index in [0.29, 0.717) is 5.69 Å². The molecule has 2 heterocycles. The van der Waals surface area contributed by atoms with E-state index in [9.17, 15) is 9.59 Å².